The first-order valence-electron chi connectivity index (χ1n) is 9.90. The second-order valence-corrected chi connectivity index (χ2v) is 8.59. The number of fused-ring (bicyclic) bond motifs is 3. The van der Waals surface area contributed by atoms with Gasteiger partial charge in [0.05, 0.1) is 18.4 Å². The summed E-state index contributed by atoms with van der Waals surface area (Å²) in [5, 5.41) is 6.17. The molecule has 1 aliphatic heterocycles. The van der Waals surface area contributed by atoms with E-state index in [1.165, 1.54) is 0 Å². The van der Waals surface area contributed by atoms with Gasteiger partial charge >= 0.3 is 0 Å². The van der Waals surface area contributed by atoms with Crippen LogP contribution in [0.1, 0.15) is 48.7 Å². The molecule has 1 aromatic carbocycles. The molecule has 2 heterocycles. The van der Waals surface area contributed by atoms with Crippen LogP contribution >= 0.6 is 0 Å². The molecule has 28 heavy (non-hydrogen) atoms. The number of benzene rings is 1. The molecule has 4 atom stereocenters. The van der Waals surface area contributed by atoms with E-state index in [9.17, 15) is 9.59 Å². The number of hydrogen-bond donors (Lipinski definition) is 2. The van der Waals surface area contributed by atoms with Gasteiger partial charge in [-0.25, -0.2) is 0 Å². The first kappa shape index (κ1) is 17.3. The highest BCUT2D eigenvalue weighted by molar-refractivity contribution is 5.98. The molecule has 3 saturated carbocycles. The molecule has 1 aromatic heterocycles. The third-order valence-corrected chi connectivity index (χ3v) is 6.83. The molecule has 6 heteroatoms. The molecule has 0 saturated heterocycles. The van der Waals surface area contributed by atoms with Gasteiger partial charge in [0.25, 0.3) is 5.91 Å². The summed E-state index contributed by atoms with van der Waals surface area (Å²) in [6.45, 7) is 2.55. The Morgan fingerprint density at radius 3 is 2.93 bits per heavy atom. The van der Waals surface area contributed by atoms with E-state index in [0.29, 0.717) is 30.7 Å². The zero-order chi connectivity index (χ0) is 19.4. The summed E-state index contributed by atoms with van der Waals surface area (Å²) in [6, 6.07) is 11.0. The Morgan fingerprint density at radius 2 is 2.14 bits per heavy atom. The van der Waals surface area contributed by atoms with Crippen molar-refractivity contribution < 1.29 is 18.7 Å². The molecule has 146 valence electrons. The first-order chi connectivity index (χ1) is 13.5. The van der Waals surface area contributed by atoms with E-state index in [0.717, 1.165) is 18.6 Å². The summed E-state index contributed by atoms with van der Waals surface area (Å²) in [4.78, 5) is 25.6. The van der Waals surface area contributed by atoms with E-state index in [1.54, 1.807) is 12.3 Å². The standard InChI is InChI=1S/C22H24N2O4/c1-21-9-8-14(11-17(21)20(26)23-12-15-5-4-10-27-15)22(13-21)24-19(25)16-6-2-3-7-18(16)28-22/h2-7,10,14,17H,8-9,11-13H2,1H3,(H,23,26)(H,24,25)/t14-,17+,21-,22+/m0/s1. The normalized spacial score (nSPS) is 33.1. The van der Waals surface area contributed by atoms with Gasteiger partial charge in [0, 0.05) is 18.3 Å². The highest BCUT2D eigenvalue weighted by Crippen LogP contribution is 2.58. The number of nitrogens with one attached hydrogen (secondary N) is 2. The Labute approximate surface area is 163 Å². The zero-order valence-electron chi connectivity index (χ0n) is 15.9. The number of carbonyl (C=O) groups excluding carboxylic acids is 2. The van der Waals surface area contributed by atoms with Crippen molar-refractivity contribution in [2.45, 2.75) is 44.9 Å². The lowest BCUT2D eigenvalue weighted by Crippen LogP contribution is -2.69. The van der Waals surface area contributed by atoms with E-state index in [-0.39, 0.29) is 29.1 Å². The molecular weight excluding hydrogens is 356 g/mol. The average molecular weight is 380 g/mol. The predicted octanol–water partition coefficient (Wildman–Crippen LogP) is 3.24. The van der Waals surface area contributed by atoms with Crippen molar-refractivity contribution >= 4 is 11.8 Å². The van der Waals surface area contributed by atoms with Crippen LogP contribution < -0.4 is 15.4 Å². The maximum atomic E-state index is 12.9. The van der Waals surface area contributed by atoms with Crippen LogP contribution in [0.3, 0.4) is 0 Å². The molecule has 2 aromatic rings. The van der Waals surface area contributed by atoms with Crippen LogP contribution in [-0.4, -0.2) is 17.5 Å². The van der Waals surface area contributed by atoms with Crippen molar-refractivity contribution in [3.8, 4) is 5.75 Å². The van der Waals surface area contributed by atoms with E-state index in [1.807, 2.05) is 30.3 Å². The maximum Gasteiger partial charge on any atom is 0.258 e. The molecule has 3 fully saturated rings. The van der Waals surface area contributed by atoms with Gasteiger partial charge in [0.1, 0.15) is 11.5 Å². The van der Waals surface area contributed by atoms with Gasteiger partial charge in [0.15, 0.2) is 5.72 Å². The maximum absolute atomic E-state index is 12.9. The van der Waals surface area contributed by atoms with Gasteiger partial charge in [-0.15, -0.1) is 0 Å². The van der Waals surface area contributed by atoms with Gasteiger partial charge in [0.2, 0.25) is 5.91 Å². The lowest BCUT2D eigenvalue weighted by atomic mass is 9.52. The van der Waals surface area contributed by atoms with Crippen molar-refractivity contribution in [2.75, 3.05) is 0 Å². The number of rotatable bonds is 3. The summed E-state index contributed by atoms with van der Waals surface area (Å²) in [6.07, 6.45) is 4.86. The number of hydrogen-bond acceptors (Lipinski definition) is 4. The molecule has 3 aliphatic carbocycles. The van der Waals surface area contributed by atoms with E-state index < -0.39 is 5.72 Å². The topological polar surface area (TPSA) is 80.6 Å². The summed E-state index contributed by atoms with van der Waals surface area (Å²) in [7, 11) is 0. The third kappa shape index (κ3) is 2.62. The number of para-hydroxylation sites is 1. The Bertz CT molecular complexity index is 924. The van der Waals surface area contributed by atoms with Gasteiger partial charge in [-0.05, 0) is 48.9 Å². The summed E-state index contributed by atoms with van der Waals surface area (Å²) < 4.78 is 11.7. The minimum Gasteiger partial charge on any atom is -0.467 e. The molecule has 6 rings (SSSR count). The van der Waals surface area contributed by atoms with Gasteiger partial charge in [-0.3, -0.25) is 9.59 Å². The Morgan fingerprint density at radius 1 is 1.29 bits per heavy atom. The SMILES string of the molecule is C[C@@]12CC[C@@H](C[C@@H]1C(=O)NCc1ccco1)[C@]1(C2)NC(=O)c2ccccc2O1. The van der Waals surface area contributed by atoms with Crippen LogP contribution in [-0.2, 0) is 11.3 Å². The van der Waals surface area contributed by atoms with Crippen LogP contribution in [0.25, 0.3) is 0 Å². The van der Waals surface area contributed by atoms with Crippen LogP contribution in [0.15, 0.2) is 47.1 Å². The first-order valence-corrected chi connectivity index (χ1v) is 9.90. The van der Waals surface area contributed by atoms with E-state index in [4.69, 9.17) is 9.15 Å². The molecular formula is C22H24N2O4. The highest BCUT2D eigenvalue weighted by Gasteiger charge is 2.61. The van der Waals surface area contributed by atoms with E-state index >= 15 is 0 Å². The van der Waals surface area contributed by atoms with Crippen LogP contribution in [0, 0.1) is 17.3 Å². The second kappa shape index (κ2) is 6.12. The number of ether oxygens (including phenoxy) is 1. The van der Waals surface area contributed by atoms with Gasteiger partial charge in [-0.2, -0.15) is 0 Å². The van der Waals surface area contributed by atoms with Crippen molar-refractivity contribution in [1.82, 2.24) is 10.6 Å². The minimum absolute atomic E-state index is 0.0565. The van der Waals surface area contributed by atoms with Crippen molar-refractivity contribution in [3.05, 3.63) is 54.0 Å². The van der Waals surface area contributed by atoms with Crippen LogP contribution in [0.2, 0.25) is 0 Å². The molecule has 4 aliphatic rings. The molecule has 6 nitrogen and oxygen atoms in total. The second-order valence-electron chi connectivity index (χ2n) is 8.59. The Kier molecular flexibility index (Phi) is 3.79. The average Bonchev–Trinajstić information content (AvgIpc) is 3.19. The lowest BCUT2D eigenvalue weighted by molar-refractivity contribution is -0.167. The van der Waals surface area contributed by atoms with E-state index in [2.05, 4.69) is 17.6 Å². The molecule has 0 unspecified atom stereocenters. The molecule has 0 radical (unpaired) electrons. The van der Waals surface area contributed by atoms with Crippen molar-refractivity contribution in [1.29, 1.82) is 0 Å². The quantitative estimate of drug-likeness (QED) is 0.857. The fourth-order valence-corrected chi connectivity index (χ4v) is 5.37. The monoisotopic (exact) mass is 380 g/mol. The largest absolute Gasteiger partial charge is 0.467 e. The highest BCUT2D eigenvalue weighted by atomic mass is 16.5. The smallest absolute Gasteiger partial charge is 0.258 e. The zero-order valence-corrected chi connectivity index (χ0v) is 15.9. The third-order valence-electron chi connectivity index (χ3n) is 6.83. The van der Waals surface area contributed by atoms with Gasteiger partial charge in [-0.1, -0.05) is 19.1 Å². The Hall–Kier alpha value is -2.76. The number of carbonyl (C=O) groups is 2. The summed E-state index contributed by atoms with van der Waals surface area (Å²) >= 11 is 0. The molecule has 2 N–H and O–H groups in total. The van der Waals surface area contributed by atoms with Crippen molar-refractivity contribution in [2.24, 2.45) is 17.3 Å². The minimum atomic E-state index is -0.712. The number of furan rings is 1. The molecule has 2 amide bonds. The molecule has 1 spiro atoms. The van der Waals surface area contributed by atoms with Crippen LogP contribution in [0.4, 0.5) is 0 Å². The Balaban J connectivity index is 1.37. The van der Waals surface area contributed by atoms with Crippen molar-refractivity contribution in [3.63, 3.8) is 0 Å². The predicted molar refractivity (Wildman–Crippen MR) is 101 cm³/mol. The molecule has 2 bridgehead atoms. The fraction of sp³-hybridized carbons (Fsp3) is 0.455. The van der Waals surface area contributed by atoms with Gasteiger partial charge < -0.3 is 19.8 Å². The summed E-state index contributed by atoms with van der Waals surface area (Å²) in [5.74, 6) is 1.38. The number of amides is 2. The summed E-state index contributed by atoms with van der Waals surface area (Å²) in [5.41, 5.74) is -0.356. The lowest BCUT2D eigenvalue weighted by Gasteiger charge is -2.59. The fourth-order valence-electron chi connectivity index (χ4n) is 5.37. The van der Waals surface area contributed by atoms with Crippen LogP contribution in [0.5, 0.6) is 5.75 Å².